The number of nitrogen functional groups attached to an aromatic ring is 1. The van der Waals surface area contributed by atoms with Gasteiger partial charge in [0.1, 0.15) is 0 Å². The number of hydrogen-bond acceptors (Lipinski definition) is 3. The number of carbonyl (C=O) groups excluding carboxylic acids is 1. The number of fused-ring (bicyclic) bond motifs is 1. The van der Waals surface area contributed by atoms with Crippen molar-refractivity contribution in [3.05, 3.63) is 29.3 Å². The van der Waals surface area contributed by atoms with Gasteiger partial charge in [-0.3, -0.25) is 10.1 Å². The molecule has 4 heteroatoms. The van der Waals surface area contributed by atoms with Gasteiger partial charge in [-0.25, -0.2) is 0 Å². The Morgan fingerprint density at radius 1 is 1.53 bits per heavy atom. The van der Waals surface area contributed by atoms with Crippen LogP contribution in [0.4, 0.5) is 5.69 Å². The van der Waals surface area contributed by atoms with Crippen molar-refractivity contribution < 1.29 is 4.79 Å². The summed E-state index contributed by atoms with van der Waals surface area (Å²) < 4.78 is 0. The van der Waals surface area contributed by atoms with E-state index in [2.05, 4.69) is 16.7 Å². The van der Waals surface area contributed by atoms with Crippen LogP contribution in [0, 0.1) is 0 Å². The van der Waals surface area contributed by atoms with Gasteiger partial charge in [-0.1, -0.05) is 6.07 Å². The predicted octanol–water partition coefficient (Wildman–Crippen LogP) is 0.980. The predicted molar refractivity (Wildman–Crippen MR) is 68.6 cm³/mol. The van der Waals surface area contributed by atoms with Crippen LogP contribution in [-0.2, 0) is 11.2 Å². The molecule has 0 heterocycles. The molecule has 0 radical (unpaired) electrons. The van der Waals surface area contributed by atoms with E-state index in [1.165, 1.54) is 11.1 Å². The summed E-state index contributed by atoms with van der Waals surface area (Å²) in [5.41, 5.74) is 9.14. The van der Waals surface area contributed by atoms with E-state index in [0.717, 1.165) is 18.5 Å². The molecule has 0 aromatic heterocycles. The fraction of sp³-hybridized carbons (Fsp3) is 0.462. The average Bonchev–Trinajstić information content (AvgIpc) is 2.70. The van der Waals surface area contributed by atoms with E-state index in [1.807, 2.05) is 19.1 Å². The number of amides is 1. The summed E-state index contributed by atoms with van der Waals surface area (Å²) in [6.07, 6.45) is 2.05. The van der Waals surface area contributed by atoms with Crippen molar-refractivity contribution in [1.82, 2.24) is 10.6 Å². The van der Waals surface area contributed by atoms with Crippen LogP contribution in [0.5, 0.6) is 0 Å². The zero-order chi connectivity index (χ0) is 12.4. The third-order valence-electron chi connectivity index (χ3n) is 3.34. The summed E-state index contributed by atoms with van der Waals surface area (Å²) in [6.45, 7) is 1.88. The van der Waals surface area contributed by atoms with Gasteiger partial charge in [0, 0.05) is 18.8 Å². The number of aryl methyl sites for hydroxylation is 1. The summed E-state index contributed by atoms with van der Waals surface area (Å²) in [4.78, 5) is 11.5. The highest BCUT2D eigenvalue weighted by Crippen LogP contribution is 2.32. The Kier molecular flexibility index (Phi) is 3.33. The molecular weight excluding hydrogens is 214 g/mol. The van der Waals surface area contributed by atoms with Gasteiger partial charge in [-0.05, 0) is 43.0 Å². The van der Waals surface area contributed by atoms with Crippen LogP contribution < -0.4 is 16.4 Å². The molecule has 92 valence electrons. The lowest BCUT2D eigenvalue weighted by Crippen LogP contribution is -2.41. The molecule has 1 amide bonds. The van der Waals surface area contributed by atoms with Crippen LogP contribution >= 0.6 is 0 Å². The molecule has 2 unspecified atom stereocenters. The van der Waals surface area contributed by atoms with E-state index < -0.39 is 0 Å². The molecule has 0 aliphatic heterocycles. The van der Waals surface area contributed by atoms with Crippen molar-refractivity contribution in [2.75, 3.05) is 12.8 Å². The second-order valence-corrected chi connectivity index (χ2v) is 4.55. The topological polar surface area (TPSA) is 67.2 Å². The molecule has 17 heavy (non-hydrogen) atoms. The van der Waals surface area contributed by atoms with E-state index in [4.69, 9.17) is 5.73 Å². The minimum absolute atomic E-state index is 0.0221. The maximum Gasteiger partial charge on any atom is 0.236 e. The molecule has 0 bridgehead atoms. The first-order chi connectivity index (χ1) is 8.11. The Morgan fingerprint density at radius 3 is 3.00 bits per heavy atom. The quantitative estimate of drug-likeness (QED) is 0.682. The third-order valence-corrected chi connectivity index (χ3v) is 3.34. The van der Waals surface area contributed by atoms with Gasteiger partial charge in [0.05, 0.1) is 6.04 Å². The number of rotatable bonds is 3. The highest BCUT2D eigenvalue weighted by molar-refractivity contribution is 5.81. The third kappa shape index (κ3) is 2.42. The van der Waals surface area contributed by atoms with E-state index >= 15 is 0 Å². The van der Waals surface area contributed by atoms with Crippen LogP contribution in [0.2, 0.25) is 0 Å². The van der Waals surface area contributed by atoms with Crippen LogP contribution in [0.25, 0.3) is 0 Å². The summed E-state index contributed by atoms with van der Waals surface area (Å²) in [5.74, 6) is 0.0221. The van der Waals surface area contributed by atoms with Gasteiger partial charge < -0.3 is 11.1 Å². The lowest BCUT2D eigenvalue weighted by molar-refractivity contribution is -0.122. The van der Waals surface area contributed by atoms with Gasteiger partial charge in [0.25, 0.3) is 0 Å². The molecule has 4 N–H and O–H groups in total. The van der Waals surface area contributed by atoms with Crippen molar-refractivity contribution in [2.45, 2.75) is 31.8 Å². The first kappa shape index (κ1) is 11.9. The average molecular weight is 233 g/mol. The molecule has 4 nitrogen and oxygen atoms in total. The second kappa shape index (κ2) is 4.75. The Bertz CT molecular complexity index is 431. The van der Waals surface area contributed by atoms with Crippen molar-refractivity contribution in [3.8, 4) is 0 Å². The lowest BCUT2D eigenvalue weighted by Gasteiger charge is -2.19. The Morgan fingerprint density at radius 2 is 2.29 bits per heavy atom. The first-order valence-electron chi connectivity index (χ1n) is 5.97. The maximum absolute atomic E-state index is 11.5. The van der Waals surface area contributed by atoms with Gasteiger partial charge in [-0.15, -0.1) is 0 Å². The summed E-state index contributed by atoms with van der Waals surface area (Å²) in [6, 6.07) is 6.10. The molecule has 0 saturated heterocycles. The fourth-order valence-corrected chi connectivity index (χ4v) is 2.40. The van der Waals surface area contributed by atoms with Crippen LogP contribution in [0.15, 0.2) is 18.2 Å². The zero-order valence-electron chi connectivity index (χ0n) is 10.3. The molecule has 1 aliphatic carbocycles. The molecular formula is C13H19N3O. The number of nitrogens with two attached hydrogens (primary N) is 1. The maximum atomic E-state index is 11.5. The summed E-state index contributed by atoms with van der Waals surface area (Å²) in [7, 11) is 1.66. The smallest absolute Gasteiger partial charge is 0.236 e. The normalized spacial score (nSPS) is 19.8. The molecule has 1 aliphatic rings. The van der Waals surface area contributed by atoms with Gasteiger partial charge in [0.2, 0.25) is 5.91 Å². The number of hydrogen-bond donors (Lipinski definition) is 3. The van der Waals surface area contributed by atoms with E-state index in [9.17, 15) is 4.79 Å². The molecule has 1 aromatic rings. The highest BCUT2D eigenvalue weighted by Gasteiger charge is 2.25. The summed E-state index contributed by atoms with van der Waals surface area (Å²) >= 11 is 0. The fourth-order valence-electron chi connectivity index (χ4n) is 2.40. The van der Waals surface area contributed by atoms with Crippen molar-refractivity contribution in [2.24, 2.45) is 0 Å². The number of carbonyl (C=O) groups is 1. The Balaban J connectivity index is 2.09. The number of nitrogens with one attached hydrogen (secondary N) is 2. The van der Waals surface area contributed by atoms with Crippen LogP contribution in [-0.4, -0.2) is 19.0 Å². The highest BCUT2D eigenvalue weighted by atomic mass is 16.2. The molecule has 0 spiro atoms. The Hall–Kier alpha value is -1.55. The van der Waals surface area contributed by atoms with E-state index in [-0.39, 0.29) is 18.0 Å². The van der Waals surface area contributed by atoms with Gasteiger partial charge >= 0.3 is 0 Å². The van der Waals surface area contributed by atoms with Crippen molar-refractivity contribution in [1.29, 1.82) is 0 Å². The number of anilines is 1. The van der Waals surface area contributed by atoms with E-state index in [1.54, 1.807) is 7.05 Å². The minimum Gasteiger partial charge on any atom is -0.399 e. The van der Waals surface area contributed by atoms with Crippen molar-refractivity contribution in [3.63, 3.8) is 0 Å². The minimum atomic E-state index is -0.173. The molecule has 0 saturated carbocycles. The number of benzene rings is 1. The standard InChI is InChI=1S/C13H19N3O/c1-8(13(17)15-2)16-12-6-3-9-7-10(14)4-5-11(9)12/h4-5,7-8,12,16H,3,6,14H2,1-2H3,(H,15,17). The second-order valence-electron chi connectivity index (χ2n) is 4.55. The van der Waals surface area contributed by atoms with Gasteiger partial charge in [0.15, 0.2) is 0 Å². The van der Waals surface area contributed by atoms with Crippen LogP contribution in [0.3, 0.4) is 0 Å². The monoisotopic (exact) mass is 233 g/mol. The molecule has 0 fully saturated rings. The lowest BCUT2D eigenvalue weighted by atomic mass is 10.1. The zero-order valence-corrected chi connectivity index (χ0v) is 10.3. The van der Waals surface area contributed by atoms with Crippen molar-refractivity contribution >= 4 is 11.6 Å². The van der Waals surface area contributed by atoms with E-state index in [0.29, 0.717) is 0 Å². The Labute approximate surface area is 102 Å². The summed E-state index contributed by atoms with van der Waals surface area (Å²) in [5, 5.41) is 6.00. The van der Waals surface area contributed by atoms with Crippen LogP contribution in [0.1, 0.15) is 30.5 Å². The first-order valence-corrected chi connectivity index (χ1v) is 5.97. The number of likely N-dealkylation sites (N-methyl/N-ethyl adjacent to an activating group) is 1. The molecule has 2 atom stereocenters. The largest absolute Gasteiger partial charge is 0.399 e. The SMILES string of the molecule is CNC(=O)C(C)NC1CCc2cc(N)ccc21. The molecule has 2 rings (SSSR count). The van der Waals surface area contributed by atoms with Gasteiger partial charge in [-0.2, -0.15) is 0 Å². The molecule has 1 aromatic carbocycles.